The third kappa shape index (κ3) is 5.03. The Hall–Kier alpha value is -3.00. The third-order valence-electron chi connectivity index (χ3n) is 5.84. The summed E-state index contributed by atoms with van der Waals surface area (Å²) in [4.78, 5) is 14.7. The average molecular weight is 528 g/mol. The number of amides is 1. The standard InChI is InChI=1S/C26H20Cl2FN3O2S/c27-22-10-7-19(13-23(22)28)32-14-21(25(30-32)17-3-5-18(29)6-4-17)26-31(24(34)15-35-26)12-11-16-1-8-20(33)9-2-16/h1-10,13-14,26,33H,11-12,15H2. The van der Waals surface area contributed by atoms with E-state index in [1.807, 2.05) is 29.3 Å². The molecule has 5 nitrogen and oxygen atoms in total. The Morgan fingerprint density at radius 1 is 1.03 bits per heavy atom. The number of benzene rings is 3. The molecular formula is C26H20Cl2FN3O2S. The van der Waals surface area contributed by atoms with Crippen LogP contribution in [0.4, 0.5) is 4.39 Å². The van der Waals surface area contributed by atoms with Crippen molar-refractivity contribution in [3.05, 3.63) is 99.9 Å². The second kappa shape index (κ2) is 9.93. The molecule has 1 aliphatic heterocycles. The molecule has 178 valence electrons. The number of hydrogen-bond donors (Lipinski definition) is 1. The number of rotatable bonds is 6. The predicted octanol–water partition coefficient (Wildman–Crippen LogP) is 6.51. The molecule has 4 aromatic rings. The molecular weight excluding hydrogens is 508 g/mol. The summed E-state index contributed by atoms with van der Waals surface area (Å²) in [7, 11) is 0. The molecule has 1 unspecified atom stereocenters. The van der Waals surface area contributed by atoms with Crippen LogP contribution in [0.1, 0.15) is 16.5 Å². The number of nitrogens with zero attached hydrogens (tertiary/aromatic N) is 3. The molecule has 0 spiro atoms. The number of phenols is 1. The third-order valence-corrected chi connectivity index (χ3v) is 7.82. The highest BCUT2D eigenvalue weighted by molar-refractivity contribution is 8.00. The lowest BCUT2D eigenvalue weighted by Gasteiger charge is -2.24. The zero-order valence-corrected chi connectivity index (χ0v) is 20.7. The van der Waals surface area contributed by atoms with Crippen molar-refractivity contribution in [2.75, 3.05) is 12.3 Å². The van der Waals surface area contributed by atoms with Gasteiger partial charge in [-0.15, -0.1) is 11.8 Å². The molecule has 5 rings (SSSR count). The maximum absolute atomic E-state index is 13.6. The van der Waals surface area contributed by atoms with Gasteiger partial charge in [-0.25, -0.2) is 9.07 Å². The van der Waals surface area contributed by atoms with Gasteiger partial charge in [-0.3, -0.25) is 4.79 Å². The van der Waals surface area contributed by atoms with Crippen molar-refractivity contribution in [3.8, 4) is 22.7 Å². The first-order valence-electron chi connectivity index (χ1n) is 10.9. The summed E-state index contributed by atoms with van der Waals surface area (Å²) >= 11 is 13.9. The molecule has 35 heavy (non-hydrogen) atoms. The van der Waals surface area contributed by atoms with Crippen molar-refractivity contribution in [1.82, 2.24) is 14.7 Å². The predicted molar refractivity (Wildman–Crippen MR) is 138 cm³/mol. The molecule has 1 N–H and O–H groups in total. The van der Waals surface area contributed by atoms with E-state index in [4.69, 9.17) is 28.3 Å². The highest BCUT2D eigenvalue weighted by Crippen LogP contribution is 2.43. The monoisotopic (exact) mass is 527 g/mol. The summed E-state index contributed by atoms with van der Waals surface area (Å²) in [5, 5.41) is 14.9. The molecule has 1 atom stereocenters. The van der Waals surface area contributed by atoms with E-state index in [-0.39, 0.29) is 22.8 Å². The van der Waals surface area contributed by atoms with Gasteiger partial charge in [0, 0.05) is 23.9 Å². The van der Waals surface area contributed by atoms with Crippen LogP contribution in [0, 0.1) is 5.82 Å². The fourth-order valence-electron chi connectivity index (χ4n) is 4.03. The Morgan fingerprint density at radius 3 is 2.49 bits per heavy atom. The minimum absolute atomic E-state index is 0.0473. The van der Waals surface area contributed by atoms with Gasteiger partial charge in [0.15, 0.2) is 0 Å². The Bertz CT molecular complexity index is 1380. The maximum Gasteiger partial charge on any atom is 0.233 e. The van der Waals surface area contributed by atoms with E-state index < -0.39 is 0 Å². The van der Waals surface area contributed by atoms with Crippen molar-refractivity contribution < 1.29 is 14.3 Å². The number of aromatic hydroxyl groups is 1. The van der Waals surface area contributed by atoms with E-state index >= 15 is 0 Å². The Balaban J connectivity index is 1.52. The second-order valence-electron chi connectivity index (χ2n) is 8.15. The molecule has 1 fully saturated rings. The van der Waals surface area contributed by atoms with E-state index in [0.717, 1.165) is 22.4 Å². The van der Waals surface area contributed by atoms with E-state index in [2.05, 4.69) is 0 Å². The average Bonchev–Trinajstić information content (AvgIpc) is 3.44. The first-order chi connectivity index (χ1) is 16.9. The summed E-state index contributed by atoms with van der Waals surface area (Å²) in [6.45, 7) is 0.516. The van der Waals surface area contributed by atoms with Crippen LogP contribution in [-0.4, -0.2) is 38.0 Å². The van der Waals surface area contributed by atoms with Crippen LogP contribution >= 0.6 is 35.0 Å². The van der Waals surface area contributed by atoms with Crippen LogP contribution in [0.15, 0.2) is 72.9 Å². The molecule has 0 saturated carbocycles. The van der Waals surface area contributed by atoms with Crippen molar-refractivity contribution in [2.45, 2.75) is 11.8 Å². The Morgan fingerprint density at radius 2 is 1.77 bits per heavy atom. The normalized spacial score (nSPS) is 15.7. The lowest BCUT2D eigenvalue weighted by molar-refractivity contribution is -0.128. The Kier molecular flexibility index (Phi) is 6.73. The SMILES string of the molecule is O=C1CSC(c2cn(-c3ccc(Cl)c(Cl)c3)nc2-c2ccc(F)cc2)N1CCc1ccc(O)cc1. The van der Waals surface area contributed by atoms with Crippen LogP contribution < -0.4 is 0 Å². The summed E-state index contributed by atoms with van der Waals surface area (Å²) in [6.07, 6.45) is 2.54. The fourth-order valence-corrected chi connectivity index (χ4v) is 5.54. The number of halogens is 3. The number of carbonyl (C=O) groups is 1. The summed E-state index contributed by atoms with van der Waals surface area (Å²) in [5.41, 5.74) is 4.01. The van der Waals surface area contributed by atoms with Crippen molar-refractivity contribution in [3.63, 3.8) is 0 Å². The quantitative estimate of drug-likeness (QED) is 0.310. The molecule has 0 bridgehead atoms. The lowest BCUT2D eigenvalue weighted by atomic mass is 10.1. The molecule has 0 radical (unpaired) electrons. The van der Waals surface area contributed by atoms with Gasteiger partial charge >= 0.3 is 0 Å². The molecule has 1 aromatic heterocycles. The van der Waals surface area contributed by atoms with Crippen LogP contribution in [0.25, 0.3) is 16.9 Å². The van der Waals surface area contributed by atoms with E-state index in [1.54, 1.807) is 41.1 Å². The maximum atomic E-state index is 13.6. The van der Waals surface area contributed by atoms with Gasteiger partial charge in [-0.2, -0.15) is 5.10 Å². The highest BCUT2D eigenvalue weighted by Gasteiger charge is 2.35. The highest BCUT2D eigenvalue weighted by atomic mass is 35.5. The van der Waals surface area contributed by atoms with Gasteiger partial charge in [-0.1, -0.05) is 35.3 Å². The van der Waals surface area contributed by atoms with Crippen LogP contribution in [0.3, 0.4) is 0 Å². The zero-order chi connectivity index (χ0) is 24.5. The number of thioether (sulfide) groups is 1. The molecule has 0 aliphatic carbocycles. The smallest absolute Gasteiger partial charge is 0.233 e. The number of phenolic OH excluding ortho intramolecular Hbond substituents is 1. The zero-order valence-electron chi connectivity index (χ0n) is 18.4. The molecule has 3 aromatic carbocycles. The number of aromatic nitrogens is 2. The van der Waals surface area contributed by atoms with E-state index in [1.165, 1.54) is 23.9 Å². The van der Waals surface area contributed by atoms with Gasteiger partial charge in [0.2, 0.25) is 5.91 Å². The summed E-state index contributed by atoms with van der Waals surface area (Å²) in [6, 6.07) is 18.4. The van der Waals surface area contributed by atoms with Crippen LogP contribution in [0.2, 0.25) is 10.0 Å². The molecule has 1 aliphatic rings. The van der Waals surface area contributed by atoms with Gasteiger partial charge in [0.05, 0.1) is 27.2 Å². The minimum Gasteiger partial charge on any atom is -0.508 e. The fraction of sp³-hybridized carbons (Fsp3) is 0.154. The summed E-state index contributed by atoms with van der Waals surface area (Å²) < 4.78 is 15.3. The van der Waals surface area contributed by atoms with Gasteiger partial charge in [-0.05, 0) is 66.6 Å². The van der Waals surface area contributed by atoms with Gasteiger partial charge in [0.25, 0.3) is 0 Å². The van der Waals surface area contributed by atoms with Crippen LogP contribution in [0.5, 0.6) is 5.75 Å². The van der Waals surface area contributed by atoms with E-state index in [0.29, 0.717) is 34.5 Å². The first-order valence-corrected chi connectivity index (χ1v) is 12.7. The first kappa shape index (κ1) is 23.7. The molecule has 9 heteroatoms. The molecule has 1 saturated heterocycles. The number of carbonyl (C=O) groups excluding carboxylic acids is 1. The largest absolute Gasteiger partial charge is 0.508 e. The second-order valence-corrected chi connectivity index (χ2v) is 10.0. The summed E-state index contributed by atoms with van der Waals surface area (Å²) in [5.74, 6) is 0.283. The van der Waals surface area contributed by atoms with Gasteiger partial charge < -0.3 is 10.0 Å². The van der Waals surface area contributed by atoms with Crippen molar-refractivity contribution >= 4 is 40.9 Å². The molecule has 2 heterocycles. The topological polar surface area (TPSA) is 58.4 Å². The van der Waals surface area contributed by atoms with Crippen molar-refractivity contribution in [1.29, 1.82) is 0 Å². The van der Waals surface area contributed by atoms with Gasteiger partial charge in [0.1, 0.15) is 16.9 Å². The lowest BCUT2D eigenvalue weighted by Crippen LogP contribution is -2.30. The van der Waals surface area contributed by atoms with E-state index in [9.17, 15) is 14.3 Å². The Labute approximate surface area is 216 Å². The number of hydrogen-bond acceptors (Lipinski definition) is 4. The minimum atomic E-state index is -0.333. The van der Waals surface area contributed by atoms with Crippen LogP contribution in [-0.2, 0) is 11.2 Å². The molecule has 1 amide bonds. The van der Waals surface area contributed by atoms with Crippen molar-refractivity contribution in [2.24, 2.45) is 0 Å².